The van der Waals surface area contributed by atoms with Crippen molar-refractivity contribution in [2.45, 2.75) is 64.1 Å². The summed E-state index contributed by atoms with van der Waals surface area (Å²) in [5.74, 6) is 0. The summed E-state index contributed by atoms with van der Waals surface area (Å²) in [6.07, 6.45) is 11.5. The van der Waals surface area contributed by atoms with Crippen molar-refractivity contribution in [2.24, 2.45) is 0 Å². The number of rotatable bonds is 10. The van der Waals surface area contributed by atoms with Crippen LogP contribution in [0.25, 0.3) is 0 Å². The Morgan fingerprint density at radius 2 is 1.44 bits per heavy atom. The summed E-state index contributed by atoms with van der Waals surface area (Å²) in [4.78, 5) is 10.1. The van der Waals surface area contributed by atoms with Gasteiger partial charge in [0.1, 0.15) is 6.29 Å². The van der Waals surface area contributed by atoms with E-state index in [9.17, 15) is 4.79 Å². The molecule has 1 aliphatic rings. The minimum absolute atomic E-state index is 0.0765. The molecule has 0 radical (unpaired) electrons. The number of unbranched alkanes of at least 4 members (excludes halogenated alkanes) is 7. The quantitative estimate of drug-likeness (QED) is 0.426. The predicted molar refractivity (Wildman–Crippen MR) is 63.3 cm³/mol. The molecule has 0 aromatic heterocycles. The van der Waals surface area contributed by atoms with Crippen molar-refractivity contribution in [3.63, 3.8) is 0 Å². The van der Waals surface area contributed by atoms with Crippen LogP contribution in [0.4, 0.5) is 0 Å². The molecule has 3 heteroatoms. The first-order chi connectivity index (χ1) is 7.93. The zero-order valence-corrected chi connectivity index (χ0v) is 10.2. The molecule has 0 unspecified atom stereocenters. The van der Waals surface area contributed by atoms with Gasteiger partial charge in [0.05, 0.1) is 13.2 Å². The standard InChI is InChI=1S/C13H24O3/c14-10-8-6-4-2-1-3-5-7-9-13-15-11-12-16-13/h10,13H,1-9,11-12H2. The van der Waals surface area contributed by atoms with Crippen LogP contribution in [-0.2, 0) is 14.3 Å². The second kappa shape index (κ2) is 9.79. The van der Waals surface area contributed by atoms with Crippen LogP contribution in [-0.4, -0.2) is 25.8 Å². The normalized spacial score (nSPS) is 16.8. The molecule has 0 saturated carbocycles. The lowest BCUT2D eigenvalue weighted by atomic mass is 10.1. The topological polar surface area (TPSA) is 35.5 Å². The summed E-state index contributed by atoms with van der Waals surface area (Å²) in [5, 5.41) is 0. The fourth-order valence-corrected chi connectivity index (χ4v) is 2.00. The van der Waals surface area contributed by atoms with E-state index in [0.29, 0.717) is 0 Å². The Bertz CT molecular complexity index is 165. The molecule has 1 rings (SSSR count). The van der Waals surface area contributed by atoms with Gasteiger partial charge >= 0.3 is 0 Å². The Morgan fingerprint density at radius 1 is 0.875 bits per heavy atom. The first-order valence-corrected chi connectivity index (χ1v) is 6.60. The second-order valence-electron chi connectivity index (χ2n) is 4.39. The van der Waals surface area contributed by atoms with Crippen LogP contribution in [0.2, 0.25) is 0 Å². The fourth-order valence-electron chi connectivity index (χ4n) is 2.00. The van der Waals surface area contributed by atoms with Gasteiger partial charge in [0.15, 0.2) is 6.29 Å². The van der Waals surface area contributed by atoms with E-state index in [0.717, 1.165) is 38.8 Å². The lowest BCUT2D eigenvalue weighted by molar-refractivity contribution is -0.107. The molecule has 16 heavy (non-hydrogen) atoms. The highest BCUT2D eigenvalue weighted by molar-refractivity contribution is 5.48. The predicted octanol–water partition coefficient (Wildman–Crippen LogP) is 3.07. The summed E-state index contributed by atoms with van der Waals surface area (Å²) in [6.45, 7) is 1.53. The summed E-state index contributed by atoms with van der Waals surface area (Å²) in [5.41, 5.74) is 0. The summed E-state index contributed by atoms with van der Waals surface area (Å²) in [6, 6.07) is 0. The first kappa shape index (κ1) is 13.7. The average Bonchev–Trinajstić information content (AvgIpc) is 2.80. The Morgan fingerprint density at radius 3 is 2.06 bits per heavy atom. The van der Waals surface area contributed by atoms with Crippen LogP contribution >= 0.6 is 0 Å². The maximum absolute atomic E-state index is 10.1. The van der Waals surface area contributed by atoms with Crippen molar-refractivity contribution in [1.29, 1.82) is 0 Å². The highest BCUT2D eigenvalue weighted by Crippen LogP contribution is 2.14. The molecule has 0 spiro atoms. The Hall–Kier alpha value is -0.410. The highest BCUT2D eigenvalue weighted by atomic mass is 16.7. The van der Waals surface area contributed by atoms with E-state index >= 15 is 0 Å². The van der Waals surface area contributed by atoms with Crippen molar-refractivity contribution in [3.8, 4) is 0 Å². The largest absolute Gasteiger partial charge is 0.350 e. The van der Waals surface area contributed by atoms with E-state index in [1.54, 1.807) is 0 Å². The first-order valence-electron chi connectivity index (χ1n) is 6.60. The molecular weight excluding hydrogens is 204 g/mol. The minimum atomic E-state index is 0.0765. The molecule has 1 saturated heterocycles. The third kappa shape index (κ3) is 6.96. The molecule has 0 bridgehead atoms. The van der Waals surface area contributed by atoms with E-state index in [1.165, 1.54) is 38.5 Å². The zero-order valence-electron chi connectivity index (χ0n) is 10.2. The molecular formula is C13H24O3. The molecule has 0 atom stereocenters. The maximum Gasteiger partial charge on any atom is 0.157 e. The molecule has 1 fully saturated rings. The van der Waals surface area contributed by atoms with Gasteiger partial charge in [-0.05, 0) is 19.3 Å². The number of carbonyl (C=O) groups is 1. The Kier molecular flexibility index (Phi) is 8.35. The minimum Gasteiger partial charge on any atom is -0.350 e. The van der Waals surface area contributed by atoms with Crippen LogP contribution in [0.3, 0.4) is 0 Å². The van der Waals surface area contributed by atoms with Gasteiger partial charge in [-0.3, -0.25) is 0 Å². The van der Waals surface area contributed by atoms with Gasteiger partial charge in [0.2, 0.25) is 0 Å². The van der Waals surface area contributed by atoms with E-state index in [-0.39, 0.29) is 6.29 Å². The van der Waals surface area contributed by atoms with E-state index < -0.39 is 0 Å². The fraction of sp³-hybridized carbons (Fsp3) is 0.923. The number of carbonyl (C=O) groups excluding carboxylic acids is 1. The van der Waals surface area contributed by atoms with Crippen molar-refractivity contribution < 1.29 is 14.3 Å². The maximum atomic E-state index is 10.1. The molecule has 0 aromatic rings. The smallest absolute Gasteiger partial charge is 0.157 e. The molecule has 0 amide bonds. The molecule has 3 nitrogen and oxygen atoms in total. The lowest BCUT2D eigenvalue weighted by Crippen LogP contribution is -2.06. The Balaban J connectivity index is 1.72. The van der Waals surface area contributed by atoms with Crippen molar-refractivity contribution >= 4 is 6.29 Å². The van der Waals surface area contributed by atoms with Crippen LogP contribution in [0, 0.1) is 0 Å². The van der Waals surface area contributed by atoms with Gasteiger partial charge < -0.3 is 14.3 Å². The summed E-state index contributed by atoms with van der Waals surface area (Å²) in [7, 11) is 0. The third-order valence-corrected chi connectivity index (χ3v) is 2.95. The van der Waals surface area contributed by atoms with Gasteiger partial charge in [-0.25, -0.2) is 0 Å². The van der Waals surface area contributed by atoms with E-state index in [2.05, 4.69) is 0 Å². The van der Waals surface area contributed by atoms with E-state index in [4.69, 9.17) is 9.47 Å². The average molecular weight is 228 g/mol. The van der Waals surface area contributed by atoms with Gasteiger partial charge in [0, 0.05) is 6.42 Å². The number of ether oxygens (including phenoxy) is 2. The molecule has 0 N–H and O–H groups in total. The number of hydrogen-bond acceptors (Lipinski definition) is 3. The number of aldehydes is 1. The molecule has 94 valence electrons. The highest BCUT2D eigenvalue weighted by Gasteiger charge is 2.14. The molecule has 1 heterocycles. The molecule has 0 aromatic carbocycles. The van der Waals surface area contributed by atoms with Gasteiger partial charge in [0.25, 0.3) is 0 Å². The molecule has 0 aliphatic carbocycles. The Labute approximate surface area is 98.5 Å². The monoisotopic (exact) mass is 228 g/mol. The van der Waals surface area contributed by atoms with Crippen LogP contribution in [0.15, 0.2) is 0 Å². The zero-order chi connectivity index (χ0) is 11.5. The van der Waals surface area contributed by atoms with Crippen molar-refractivity contribution in [3.05, 3.63) is 0 Å². The molecule has 1 aliphatic heterocycles. The summed E-state index contributed by atoms with van der Waals surface area (Å²) < 4.78 is 10.7. The van der Waals surface area contributed by atoms with Crippen LogP contribution in [0.1, 0.15) is 57.8 Å². The summed E-state index contributed by atoms with van der Waals surface area (Å²) >= 11 is 0. The van der Waals surface area contributed by atoms with Gasteiger partial charge in [-0.2, -0.15) is 0 Å². The lowest BCUT2D eigenvalue weighted by Gasteiger charge is -2.07. The van der Waals surface area contributed by atoms with Gasteiger partial charge in [-0.15, -0.1) is 0 Å². The SMILES string of the molecule is O=CCCCCCCCCCC1OCCO1. The second-order valence-corrected chi connectivity index (χ2v) is 4.39. The van der Waals surface area contributed by atoms with E-state index in [1.807, 2.05) is 0 Å². The van der Waals surface area contributed by atoms with Crippen molar-refractivity contribution in [2.75, 3.05) is 13.2 Å². The third-order valence-electron chi connectivity index (χ3n) is 2.95. The number of hydrogen-bond donors (Lipinski definition) is 0. The van der Waals surface area contributed by atoms with Crippen LogP contribution < -0.4 is 0 Å². The van der Waals surface area contributed by atoms with Gasteiger partial charge in [-0.1, -0.05) is 32.1 Å². The van der Waals surface area contributed by atoms with Crippen molar-refractivity contribution in [1.82, 2.24) is 0 Å². The van der Waals surface area contributed by atoms with Crippen LogP contribution in [0.5, 0.6) is 0 Å².